The summed E-state index contributed by atoms with van der Waals surface area (Å²) in [4.78, 5) is 14.9. The highest BCUT2D eigenvalue weighted by atomic mass is 32.1. The molecule has 0 N–H and O–H groups in total. The molecule has 0 radical (unpaired) electrons. The topological polar surface area (TPSA) is 43.6 Å². The third-order valence-electron chi connectivity index (χ3n) is 9.85. The highest BCUT2D eigenvalue weighted by Gasteiger charge is 2.20. The summed E-state index contributed by atoms with van der Waals surface area (Å²) in [6.07, 6.45) is 0. The second kappa shape index (κ2) is 11.2. The molecule has 6 heteroatoms. The number of thiophene rings is 2. The first-order chi connectivity index (χ1) is 25.3. The van der Waals surface area contributed by atoms with Gasteiger partial charge in [-0.05, 0) is 36.4 Å². The van der Waals surface area contributed by atoms with Crippen LogP contribution in [0.2, 0.25) is 0 Å². The molecule has 4 heterocycles. The second-order valence-corrected chi connectivity index (χ2v) is 14.9. The van der Waals surface area contributed by atoms with Gasteiger partial charge in [-0.3, -0.25) is 0 Å². The molecule has 0 spiro atoms. The normalized spacial score (nSPS) is 11.9. The van der Waals surface area contributed by atoms with Gasteiger partial charge in [-0.25, -0.2) is 15.0 Å². The molecule has 0 aliphatic carbocycles. The predicted molar refractivity (Wildman–Crippen MR) is 216 cm³/mol. The Hall–Kier alpha value is -6.21. The van der Waals surface area contributed by atoms with E-state index in [0.29, 0.717) is 17.5 Å². The lowest BCUT2D eigenvalue weighted by Crippen LogP contribution is -1.99. The number of hydrogen-bond acceptors (Lipinski definition) is 5. The molecule has 0 saturated heterocycles. The molecule has 0 aliphatic rings. The van der Waals surface area contributed by atoms with Crippen molar-refractivity contribution in [1.82, 2.24) is 19.5 Å². The molecule has 4 nitrogen and oxygen atoms in total. The number of para-hydroxylation sites is 2. The molecule has 11 rings (SSSR count). The van der Waals surface area contributed by atoms with Crippen LogP contribution in [0.15, 0.2) is 158 Å². The Morgan fingerprint density at radius 2 is 0.941 bits per heavy atom. The number of rotatable bonds is 4. The highest BCUT2D eigenvalue weighted by molar-refractivity contribution is 7.29. The van der Waals surface area contributed by atoms with Crippen LogP contribution >= 0.6 is 22.7 Å². The minimum absolute atomic E-state index is 0.668. The number of fused-ring (bicyclic) bond motifs is 10. The van der Waals surface area contributed by atoms with Crippen LogP contribution in [0.4, 0.5) is 0 Å². The van der Waals surface area contributed by atoms with Gasteiger partial charge in [0, 0.05) is 67.8 Å². The Balaban J connectivity index is 1.11. The Morgan fingerprint density at radius 3 is 1.61 bits per heavy atom. The van der Waals surface area contributed by atoms with Gasteiger partial charge in [-0.2, -0.15) is 0 Å². The molecule has 0 saturated carbocycles. The van der Waals surface area contributed by atoms with Crippen molar-refractivity contribution < 1.29 is 0 Å². The molecule has 0 fully saturated rings. The second-order valence-electron chi connectivity index (χ2n) is 12.8. The minimum Gasteiger partial charge on any atom is -0.309 e. The van der Waals surface area contributed by atoms with Crippen molar-refractivity contribution in [2.75, 3.05) is 0 Å². The standard InChI is InChI=1S/C45H26N4S2/c1-3-12-27(13-4-1)43-46-44(28-14-5-2-6-15-28)48-45(47-43)29-22-23-32-39(26-29)50-38-25-24-33-40-36(20-11-21-37(40)51-42(33)41(32)38)49-34-18-9-7-16-30(34)31-17-8-10-19-35(31)49/h1-26H. The molecule has 238 valence electrons. The molecule has 0 aliphatic heterocycles. The molecule has 0 unspecified atom stereocenters. The third kappa shape index (κ3) is 4.40. The molecule has 0 bridgehead atoms. The van der Waals surface area contributed by atoms with Crippen LogP contribution in [0.25, 0.3) is 102 Å². The van der Waals surface area contributed by atoms with Crippen molar-refractivity contribution in [2.24, 2.45) is 0 Å². The van der Waals surface area contributed by atoms with Crippen molar-refractivity contribution in [3.05, 3.63) is 158 Å². The number of hydrogen-bond donors (Lipinski definition) is 0. The SMILES string of the molecule is c1ccc(-c2nc(-c3ccccc3)nc(-c3ccc4c(c3)sc3ccc5c(sc6cccc(-n7c8ccccc8c8ccccc87)c65)c34)n2)cc1. The average molecular weight is 687 g/mol. The fourth-order valence-corrected chi connectivity index (χ4v) is 10.1. The first kappa shape index (κ1) is 28.6. The summed E-state index contributed by atoms with van der Waals surface area (Å²) in [5.41, 5.74) is 6.58. The predicted octanol–water partition coefficient (Wildman–Crippen LogP) is 12.7. The van der Waals surface area contributed by atoms with Gasteiger partial charge in [0.2, 0.25) is 0 Å². The first-order valence-electron chi connectivity index (χ1n) is 16.9. The van der Waals surface area contributed by atoms with Gasteiger partial charge in [0.05, 0.1) is 16.7 Å². The van der Waals surface area contributed by atoms with E-state index >= 15 is 0 Å². The van der Waals surface area contributed by atoms with Crippen LogP contribution < -0.4 is 0 Å². The molecule has 0 atom stereocenters. The van der Waals surface area contributed by atoms with Gasteiger partial charge in [0.25, 0.3) is 0 Å². The van der Waals surface area contributed by atoms with Crippen LogP contribution in [0.1, 0.15) is 0 Å². The zero-order chi connectivity index (χ0) is 33.5. The summed E-state index contributed by atoms with van der Waals surface area (Å²) in [6, 6.07) is 55.8. The van der Waals surface area contributed by atoms with E-state index in [1.165, 1.54) is 67.8 Å². The Kier molecular flexibility index (Phi) is 6.26. The van der Waals surface area contributed by atoms with E-state index in [-0.39, 0.29) is 0 Å². The molecule has 11 aromatic rings. The summed E-state index contributed by atoms with van der Waals surface area (Å²) in [6.45, 7) is 0. The van der Waals surface area contributed by atoms with E-state index < -0.39 is 0 Å². The molecule has 51 heavy (non-hydrogen) atoms. The molecular formula is C45H26N4S2. The largest absolute Gasteiger partial charge is 0.309 e. The van der Waals surface area contributed by atoms with E-state index in [9.17, 15) is 0 Å². The van der Waals surface area contributed by atoms with Crippen molar-refractivity contribution in [1.29, 1.82) is 0 Å². The smallest absolute Gasteiger partial charge is 0.164 e. The number of benzene rings is 7. The van der Waals surface area contributed by atoms with Crippen LogP contribution in [0.3, 0.4) is 0 Å². The molecule has 7 aromatic carbocycles. The number of aromatic nitrogens is 4. The fourth-order valence-electron chi connectivity index (χ4n) is 7.57. The molecule has 4 aromatic heterocycles. The highest BCUT2D eigenvalue weighted by Crippen LogP contribution is 2.47. The summed E-state index contributed by atoms with van der Waals surface area (Å²) < 4.78 is 7.57. The van der Waals surface area contributed by atoms with Gasteiger partial charge >= 0.3 is 0 Å². The number of nitrogens with zero attached hydrogens (tertiary/aromatic N) is 4. The van der Waals surface area contributed by atoms with Crippen LogP contribution in [-0.2, 0) is 0 Å². The lowest BCUT2D eigenvalue weighted by Gasteiger charge is -2.10. The van der Waals surface area contributed by atoms with E-state index in [0.717, 1.165) is 16.7 Å². The van der Waals surface area contributed by atoms with E-state index in [2.05, 4.69) is 102 Å². The van der Waals surface area contributed by atoms with Gasteiger partial charge in [0.1, 0.15) is 0 Å². The van der Waals surface area contributed by atoms with Crippen LogP contribution in [0.5, 0.6) is 0 Å². The Labute approximate surface area is 300 Å². The minimum atomic E-state index is 0.668. The maximum atomic E-state index is 5.00. The summed E-state index contributed by atoms with van der Waals surface area (Å²) in [7, 11) is 0. The first-order valence-corrected chi connectivity index (χ1v) is 18.6. The molecule has 0 amide bonds. The Morgan fingerprint density at radius 1 is 0.373 bits per heavy atom. The van der Waals surface area contributed by atoms with Gasteiger partial charge in [-0.15, -0.1) is 22.7 Å². The fraction of sp³-hybridized carbons (Fsp3) is 0. The van der Waals surface area contributed by atoms with E-state index in [1.807, 2.05) is 83.3 Å². The quantitative estimate of drug-likeness (QED) is 0.185. The van der Waals surface area contributed by atoms with E-state index in [1.54, 1.807) is 0 Å². The summed E-state index contributed by atoms with van der Waals surface area (Å²) in [5, 5.41) is 7.72. The lowest BCUT2D eigenvalue weighted by atomic mass is 10.1. The summed E-state index contributed by atoms with van der Waals surface area (Å²) >= 11 is 3.73. The van der Waals surface area contributed by atoms with Crippen molar-refractivity contribution >= 4 is 84.8 Å². The monoisotopic (exact) mass is 686 g/mol. The van der Waals surface area contributed by atoms with Gasteiger partial charge < -0.3 is 4.57 Å². The van der Waals surface area contributed by atoms with Crippen LogP contribution in [-0.4, -0.2) is 19.5 Å². The van der Waals surface area contributed by atoms with Gasteiger partial charge in [0.15, 0.2) is 17.5 Å². The average Bonchev–Trinajstić information content (AvgIpc) is 3.87. The zero-order valence-corrected chi connectivity index (χ0v) is 28.7. The maximum absolute atomic E-state index is 5.00. The Bertz CT molecular complexity index is 3030. The van der Waals surface area contributed by atoms with Crippen molar-refractivity contribution in [2.45, 2.75) is 0 Å². The molecular weight excluding hydrogens is 661 g/mol. The van der Waals surface area contributed by atoms with Gasteiger partial charge in [-0.1, -0.05) is 121 Å². The lowest BCUT2D eigenvalue weighted by molar-refractivity contribution is 1.07. The van der Waals surface area contributed by atoms with Crippen LogP contribution in [0, 0.1) is 0 Å². The summed E-state index contributed by atoms with van der Waals surface area (Å²) in [5.74, 6) is 2.01. The zero-order valence-electron chi connectivity index (χ0n) is 27.1. The van der Waals surface area contributed by atoms with Crippen molar-refractivity contribution in [3.8, 4) is 39.9 Å². The van der Waals surface area contributed by atoms with E-state index in [4.69, 9.17) is 15.0 Å². The maximum Gasteiger partial charge on any atom is 0.164 e. The third-order valence-corrected chi connectivity index (χ3v) is 12.2. The van der Waals surface area contributed by atoms with Crippen molar-refractivity contribution in [3.63, 3.8) is 0 Å².